The molecule has 14 heavy (non-hydrogen) atoms. The Morgan fingerprint density at radius 2 is 2.00 bits per heavy atom. The van der Waals surface area contributed by atoms with Gasteiger partial charge in [-0.2, -0.15) is 0 Å². The second-order valence-electron chi connectivity index (χ2n) is 5.35. The first-order valence-corrected chi connectivity index (χ1v) is 5.40. The van der Waals surface area contributed by atoms with E-state index >= 15 is 0 Å². The van der Waals surface area contributed by atoms with Crippen LogP contribution in [0.1, 0.15) is 40.0 Å². The highest BCUT2D eigenvalue weighted by Gasteiger charge is 2.45. The molecule has 0 saturated heterocycles. The Labute approximate surface area is 85.9 Å². The van der Waals surface area contributed by atoms with E-state index in [9.17, 15) is 4.79 Å². The minimum Gasteiger partial charge on any atom is -0.290 e. The molecule has 1 atom stereocenters. The number of rotatable bonds is 0. The van der Waals surface area contributed by atoms with Crippen LogP contribution in [-0.2, 0) is 4.79 Å². The zero-order valence-corrected chi connectivity index (χ0v) is 9.26. The lowest BCUT2D eigenvalue weighted by molar-refractivity contribution is -0.110. The minimum atomic E-state index is 0.110. The molecule has 1 unspecified atom stereocenters. The molecule has 2 aliphatic rings. The van der Waals surface area contributed by atoms with Crippen molar-refractivity contribution in [3.05, 3.63) is 23.8 Å². The van der Waals surface area contributed by atoms with Crippen molar-refractivity contribution in [3.8, 4) is 0 Å². The monoisotopic (exact) mass is 190 g/mol. The average molecular weight is 190 g/mol. The molecular formula is C13H18O. The summed E-state index contributed by atoms with van der Waals surface area (Å²) in [7, 11) is 0. The lowest BCUT2D eigenvalue weighted by Crippen LogP contribution is -2.40. The SMILES string of the molecule is CC1(C)CCCC2=CC(=O)C=CC21C. The quantitative estimate of drug-likeness (QED) is 0.573. The molecule has 1 nitrogen and oxygen atoms in total. The van der Waals surface area contributed by atoms with Gasteiger partial charge in [0.15, 0.2) is 5.78 Å². The van der Waals surface area contributed by atoms with Crippen LogP contribution in [0.25, 0.3) is 0 Å². The molecular weight excluding hydrogens is 172 g/mol. The molecule has 0 aromatic rings. The van der Waals surface area contributed by atoms with Crippen LogP contribution in [0.2, 0.25) is 0 Å². The van der Waals surface area contributed by atoms with Crippen LogP contribution in [0, 0.1) is 10.8 Å². The van der Waals surface area contributed by atoms with Gasteiger partial charge in [-0.1, -0.05) is 32.4 Å². The fourth-order valence-electron chi connectivity index (χ4n) is 2.70. The zero-order valence-electron chi connectivity index (χ0n) is 9.26. The van der Waals surface area contributed by atoms with Crippen molar-refractivity contribution in [2.75, 3.05) is 0 Å². The van der Waals surface area contributed by atoms with Gasteiger partial charge in [-0.3, -0.25) is 4.79 Å². The van der Waals surface area contributed by atoms with Crippen molar-refractivity contribution < 1.29 is 4.79 Å². The average Bonchev–Trinajstić information content (AvgIpc) is 2.09. The zero-order chi connectivity index (χ0) is 10.4. The smallest absolute Gasteiger partial charge is 0.178 e. The van der Waals surface area contributed by atoms with Crippen LogP contribution in [0.5, 0.6) is 0 Å². The van der Waals surface area contributed by atoms with Gasteiger partial charge in [-0.15, -0.1) is 0 Å². The maximum absolute atomic E-state index is 11.3. The molecule has 0 bridgehead atoms. The van der Waals surface area contributed by atoms with Gasteiger partial charge < -0.3 is 0 Å². The summed E-state index contributed by atoms with van der Waals surface area (Å²) in [5.41, 5.74) is 1.73. The fourth-order valence-corrected chi connectivity index (χ4v) is 2.70. The molecule has 2 aliphatic carbocycles. The summed E-state index contributed by atoms with van der Waals surface area (Å²) in [6, 6.07) is 0. The second kappa shape index (κ2) is 2.82. The van der Waals surface area contributed by atoms with Crippen molar-refractivity contribution in [1.29, 1.82) is 0 Å². The van der Waals surface area contributed by atoms with Crippen molar-refractivity contribution in [3.63, 3.8) is 0 Å². The maximum atomic E-state index is 11.3. The van der Waals surface area contributed by atoms with Gasteiger partial charge in [0.25, 0.3) is 0 Å². The van der Waals surface area contributed by atoms with E-state index in [0.29, 0.717) is 0 Å². The van der Waals surface area contributed by atoms with Crippen molar-refractivity contribution in [2.24, 2.45) is 10.8 Å². The number of carbonyl (C=O) groups is 1. The predicted octanol–water partition coefficient (Wildman–Crippen LogP) is 3.27. The van der Waals surface area contributed by atoms with Gasteiger partial charge in [0.2, 0.25) is 0 Å². The number of carbonyl (C=O) groups excluding carboxylic acids is 1. The molecule has 76 valence electrons. The van der Waals surface area contributed by atoms with Gasteiger partial charge >= 0.3 is 0 Å². The van der Waals surface area contributed by atoms with Gasteiger partial charge in [-0.05, 0) is 36.8 Å². The molecule has 0 spiro atoms. The Hall–Kier alpha value is -0.850. The van der Waals surface area contributed by atoms with E-state index in [0.717, 1.165) is 6.42 Å². The standard InChI is InChI=1S/C13H18O/c1-12(2)7-4-5-10-9-11(14)6-8-13(10,12)3/h6,8-9H,4-5,7H2,1-3H3. The van der Waals surface area contributed by atoms with Crippen molar-refractivity contribution in [2.45, 2.75) is 40.0 Å². The Kier molecular flexibility index (Phi) is 1.95. The van der Waals surface area contributed by atoms with E-state index < -0.39 is 0 Å². The van der Waals surface area contributed by atoms with Crippen LogP contribution in [0.3, 0.4) is 0 Å². The number of fused-ring (bicyclic) bond motifs is 1. The lowest BCUT2D eigenvalue weighted by Gasteiger charge is -2.49. The summed E-state index contributed by atoms with van der Waals surface area (Å²) in [6.07, 6.45) is 9.26. The molecule has 0 N–H and O–H groups in total. The molecule has 1 fully saturated rings. The molecule has 0 aliphatic heterocycles. The van der Waals surface area contributed by atoms with Crippen molar-refractivity contribution >= 4 is 5.78 Å². The highest BCUT2D eigenvalue weighted by molar-refractivity contribution is 6.01. The summed E-state index contributed by atoms with van der Waals surface area (Å²) in [4.78, 5) is 11.3. The Balaban J connectivity index is 2.47. The van der Waals surface area contributed by atoms with Gasteiger partial charge in [0.1, 0.15) is 0 Å². The van der Waals surface area contributed by atoms with Crippen LogP contribution >= 0.6 is 0 Å². The lowest BCUT2D eigenvalue weighted by atomic mass is 9.55. The Bertz CT molecular complexity index is 333. The molecule has 0 aromatic carbocycles. The third-order valence-electron chi connectivity index (χ3n) is 4.22. The summed E-state index contributed by atoms with van der Waals surface area (Å²) in [5.74, 6) is 0.162. The molecule has 0 heterocycles. The summed E-state index contributed by atoms with van der Waals surface area (Å²) in [5, 5.41) is 0. The second-order valence-corrected chi connectivity index (χ2v) is 5.35. The first kappa shape index (κ1) is 9.70. The van der Waals surface area contributed by atoms with Gasteiger partial charge in [-0.25, -0.2) is 0 Å². The molecule has 1 saturated carbocycles. The van der Waals surface area contributed by atoms with Crippen molar-refractivity contribution in [1.82, 2.24) is 0 Å². The molecule has 0 radical (unpaired) electrons. The van der Waals surface area contributed by atoms with E-state index in [-0.39, 0.29) is 16.6 Å². The predicted molar refractivity (Wildman–Crippen MR) is 58.0 cm³/mol. The number of hydrogen-bond donors (Lipinski definition) is 0. The van der Waals surface area contributed by atoms with E-state index in [4.69, 9.17) is 0 Å². The van der Waals surface area contributed by atoms with E-state index in [2.05, 4.69) is 26.8 Å². The van der Waals surface area contributed by atoms with Crippen LogP contribution in [0.15, 0.2) is 23.8 Å². The third-order valence-corrected chi connectivity index (χ3v) is 4.22. The van der Waals surface area contributed by atoms with Crippen LogP contribution in [0.4, 0.5) is 0 Å². The normalized spacial score (nSPS) is 35.1. The third kappa shape index (κ3) is 1.18. The van der Waals surface area contributed by atoms with Gasteiger partial charge in [0.05, 0.1) is 0 Å². The molecule has 0 aromatic heterocycles. The molecule has 0 amide bonds. The highest BCUT2D eigenvalue weighted by atomic mass is 16.1. The van der Waals surface area contributed by atoms with E-state index in [1.54, 1.807) is 6.08 Å². The largest absolute Gasteiger partial charge is 0.290 e. The van der Waals surface area contributed by atoms with Crippen LogP contribution in [-0.4, -0.2) is 5.78 Å². The van der Waals surface area contributed by atoms with Crippen LogP contribution < -0.4 is 0 Å². The van der Waals surface area contributed by atoms with E-state index in [1.165, 1.54) is 18.4 Å². The number of ketones is 1. The minimum absolute atomic E-state index is 0.110. The summed E-state index contributed by atoms with van der Waals surface area (Å²) in [6.45, 7) is 6.88. The number of allylic oxidation sites excluding steroid dienone is 4. The molecule has 2 rings (SSSR count). The highest BCUT2D eigenvalue weighted by Crippen LogP contribution is 2.54. The maximum Gasteiger partial charge on any atom is 0.178 e. The number of hydrogen-bond acceptors (Lipinski definition) is 1. The Morgan fingerprint density at radius 1 is 1.29 bits per heavy atom. The topological polar surface area (TPSA) is 17.1 Å². The van der Waals surface area contributed by atoms with E-state index in [1.807, 2.05) is 6.08 Å². The summed E-state index contributed by atoms with van der Waals surface area (Å²) >= 11 is 0. The fraction of sp³-hybridized carbons (Fsp3) is 0.615. The van der Waals surface area contributed by atoms with Gasteiger partial charge in [0, 0.05) is 5.41 Å². The molecule has 1 heteroatoms. The Morgan fingerprint density at radius 3 is 2.71 bits per heavy atom. The first-order chi connectivity index (χ1) is 6.46. The first-order valence-electron chi connectivity index (χ1n) is 5.40. The summed E-state index contributed by atoms with van der Waals surface area (Å²) < 4.78 is 0.